The second-order valence-electron chi connectivity index (χ2n) is 16.7. The summed E-state index contributed by atoms with van der Waals surface area (Å²) >= 11 is 0. The van der Waals surface area contributed by atoms with Gasteiger partial charge in [-0.1, -0.05) is 109 Å². The summed E-state index contributed by atoms with van der Waals surface area (Å²) in [5.41, 5.74) is 0.402. The van der Waals surface area contributed by atoms with Gasteiger partial charge in [-0.3, -0.25) is 4.79 Å². The lowest BCUT2D eigenvalue weighted by molar-refractivity contribution is -0.207. The summed E-state index contributed by atoms with van der Waals surface area (Å²) in [4.78, 5) is 95.5. The van der Waals surface area contributed by atoms with Crippen LogP contribution in [-0.2, 0) is 52.2 Å². The Balaban J connectivity index is 1.18. The number of hydrogen-bond donors (Lipinski definition) is 1. The van der Waals surface area contributed by atoms with Crippen molar-refractivity contribution in [3.05, 3.63) is 215 Å². The van der Waals surface area contributed by atoms with Gasteiger partial charge in [0.25, 0.3) is 0 Å². The van der Waals surface area contributed by atoms with Gasteiger partial charge in [-0.25, -0.2) is 28.8 Å². The SMILES string of the molecule is CC(=O)OC[C@@H](OC(=O)c1ccccc1)[C@@H]1O[C@@H](OC[C@@H](OC(=O)c2ccccc2)[C@@H]2O[C@@H](O)[C@H](OC(=O)c3ccccc3)[C@H]2OC(=O)c2ccccc2)[C@H](OC(=O)c2ccccc2)[C@H]1OC(=O)c1ccccc1. The van der Waals surface area contributed by atoms with Crippen molar-refractivity contribution in [2.45, 2.75) is 68.3 Å². The second-order valence-corrected chi connectivity index (χ2v) is 16.7. The number of aliphatic hydroxyl groups is 1. The number of hydrogen-bond acceptors (Lipinski definition) is 18. The van der Waals surface area contributed by atoms with Crippen molar-refractivity contribution in [3.63, 3.8) is 0 Å². The molecular formula is C56H48O18. The van der Waals surface area contributed by atoms with Gasteiger partial charge in [0.15, 0.2) is 49.2 Å². The van der Waals surface area contributed by atoms with Gasteiger partial charge in [0, 0.05) is 6.92 Å². The first-order chi connectivity index (χ1) is 35.9. The van der Waals surface area contributed by atoms with Gasteiger partial charge in [0.2, 0.25) is 0 Å². The highest BCUT2D eigenvalue weighted by Gasteiger charge is 2.57. The summed E-state index contributed by atoms with van der Waals surface area (Å²) < 4.78 is 60.1. The van der Waals surface area contributed by atoms with E-state index in [-0.39, 0.29) is 33.4 Å². The lowest BCUT2D eigenvalue weighted by Crippen LogP contribution is -2.48. The van der Waals surface area contributed by atoms with Crippen LogP contribution < -0.4 is 0 Å². The van der Waals surface area contributed by atoms with Gasteiger partial charge in [0.1, 0.15) is 18.8 Å². The number of benzene rings is 6. The molecule has 380 valence electrons. The molecule has 8 rings (SSSR count). The van der Waals surface area contributed by atoms with Gasteiger partial charge in [-0.05, 0) is 72.8 Å². The molecule has 2 heterocycles. The fourth-order valence-corrected chi connectivity index (χ4v) is 7.97. The Kier molecular flexibility index (Phi) is 17.3. The van der Waals surface area contributed by atoms with Crippen LogP contribution in [0.4, 0.5) is 0 Å². The Morgan fingerprint density at radius 1 is 0.405 bits per heavy atom. The van der Waals surface area contributed by atoms with Crippen molar-refractivity contribution in [1.82, 2.24) is 0 Å². The summed E-state index contributed by atoms with van der Waals surface area (Å²) in [6, 6.07) is 46.6. The molecule has 18 nitrogen and oxygen atoms in total. The minimum absolute atomic E-state index is 0.0502. The van der Waals surface area contributed by atoms with Crippen LogP contribution in [0.2, 0.25) is 0 Å². The third-order valence-electron chi connectivity index (χ3n) is 11.6. The van der Waals surface area contributed by atoms with Crippen LogP contribution in [0.5, 0.6) is 0 Å². The smallest absolute Gasteiger partial charge is 0.338 e. The van der Waals surface area contributed by atoms with E-state index in [1.807, 2.05) is 0 Å². The first-order valence-electron chi connectivity index (χ1n) is 23.2. The molecule has 0 unspecified atom stereocenters. The van der Waals surface area contributed by atoms with Gasteiger partial charge in [-0.15, -0.1) is 0 Å². The minimum Gasteiger partial charge on any atom is -0.462 e. The van der Waals surface area contributed by atoms with Crippen LogP contribution in [0.15, 0.2) is 182 Å². The first-order valence-corrected chi connectivity index (χ1v) is 23.2. The molecule has 18 heteroatoms. The highest BCUT2D eigenvalue weighted by molar-refractivity contribution is 5.92. The molecule has 0 spiro atoms. The third kappa shape index (κ3) is 13.1. The standard InChI is InChI=1S/C56H48O18/c1-34(57)65-32-41(67-49(58)35-20-8-2-9-21-35)44-46(71-52(61)38-26-14-5-15-27-38)48(73-54(63)40-30-18-7-19-31-40)56(74-44)66-33-42(68-50(59)36-22-10-3-11-23-36)43-45(70-51(60)37-24-12-4-13-25-37)47(55(64)69-43)72-53(62)39-28-16-6-17-29-39/h2-31,41-48,55-56,64H,32-33H2,1H3/t41-,42-,43+,44+,45+,46+,47-,48-,55-,56-/m1/s1. The zero-order valence-corrected chi connectivity index (χ0v) is 39.4. The Hall–Kier alpha value is -8.55. The van der Waals surface area contributed by atoms with E-state index in [1.165, 1.54) is 72.8 Å². The van der Waals surface area contributed by atoms with Crippen molar-refractivity contribution < 1.29 is 86.0 Å². The number of carbonyl (C=O) groups excluding carboxylic acids is 7. The van der Waals surface area contributed by atoms with Crippen molar-refractivity contribution in [2.24, 2.45) is 0 Å². The van der Waals surface area contributed by atoms with E-state index in [1.54, 1.807) is 109 Å². The highest BCUT2D eigenvalue weighted by atomic mass is 16.8. The van der Waals surface area contributed by atoms with Crippen LogP contribution in [0.25, 0.3) is 0 Å². The number of carbonyl (C=O) groups is 7. The number of ether oxygens (including phenoxy) is 10. The lowest BCUT2D eigenvalue weighted by Gasteiger charge is -2.30. The molecule has 2 aliphatic rings. The molecule has 6 aromatic carbocycles. The zero-order valence-electron chi connectivity index (χ0n) is 39.4. The first kappa shape index (κ1) is 51.8. The Labute approximate surface area is 423 Å². The van der Waals surface area contributed by atoms with E-state index < -0.39 is 116 Å². The van der Waals surface area contributed by atoms with Crippen molar-refractivity contribution in [3.8, 4) is 0 Å². The maximum Gasteiger partial charge on any atom is 0.338 e. The van der Waals surface area contributed by atoms with E-state index in [9.17, 15) is 38.7 Å². The summed E-state index contributed by atoms with van der Waals surface area (Å²) in [6.45, 7) is -0.346. The molecule has 1 N–H and O–H groups in total. The molecule has 0 aromatic heterocycles. The van der Waals surface area contributed by atoms with Gasteiger partial charge in [0.05, 0.1) is 40.0 Å². The monoisotopic (exact) mass is 1010 g/mol. The van der Waals surface area contributed by atoms with Gasteiger partial charge >= 0.3 is 41.8 Å². The molecule has 10 atom stereocenters. The van der Waals surface area contributed by atoms with Crippen LogP contribution in [0.1, 0.15) is 69.1 Å². The highest BCUT2D eigenvalue weighted by Crippen LogP contribution is 2.35. The summed E-state index contributed by atoms with van der Waals surface area (Å²) in [6.07, 6.45) is -17.3. The molecule has 0 radical (unpaired) electrons. The van der Waals surface area contributed by atoms with Crippen molar-refractivity contribution in [1.29, 1.82) is 0 Å². The Bertz CT molecular complexity index is 2850. The Morgan fingerprint density at radius 3 is 1.07 bits per heavy atom. The number of aliphatic hydroxyl groups excluding tert-OH is 1. The van der Waals surface area contributed by atoms with Crippen LogP contribution >= 0.6 is 0 Å². The Morgan fingerprint density at radius 2 is 0.703 bits per heavy atom. The van der Waals surface area contributed by atoms with E-state index in [0.717, 1.165) is 6.92 Å². The summed E-state index contributed by atoms with van der Waals surface area (Å²) in [7, 11) is 0. The second kappa shape index (κ2) is 24.7. The van der Waals surface area contributed by atoms with E-state index in [4.69, 9.17) is 47.4 Å². The molecule has 0 saturated carbocycles. The summed E-state index contributed by atoms with van der Waals surface area (Å²) in [5.74, 6) is -6.37. The molecule has 74 heavy (non-hydrogen) atoms. The average molecular weight is 1010 g/mol. The molecular weight excluding hydrogens is 961 g/mol. The lowest BCUT2D eigenvalue weighted by atomic mass is 10.0. The molecule has 0 aliphatic carbocycles. The quantitative estimate of drug-likeness (QED) is 0.0687. The van der Waals surface area contributed by atoms with E-state index >= 15 is 0 Å². The fraction of sp³-hybridized carbons (Fsp3) is 0.232. The average Bonchev–Trinajstić information content (AvgIpc) is 3.93. The van der Waals surface area contributed by atoms with Crippen molar-refractivity contribution >= 4 is 41.8 Å². The minimum atomic E-state index is -1.99. The summed E-state index contributed by atoms with van der Waals surface area (Å²) in [5, 5.41) is 11.5. The third-order valence-corrected chi connectivity index (χ3v) is 11.6. The van der Waals surface area contributed by atoms with Gasteiger partial charge < -0.3 is 52.5 Å². The molecule has 2 saturated heterocycles. The van der Waals surface area contributed by atoms with Crippen LogP contribution in [0, 0.1) is 0 Å². The maximum absolute atomic E-state index is 14.0. The topological polar surface area (TPSA) is 232 Å². The normalized spacial score (nSPS) is 21.7. The van der Waals surface area contributed by atoms with Gasteiger partial charge in [-0.2, -0.15) is 0 Å². The van der Waals surface area contributed by atoms with E-state index in [2.05, 4.69) is 0 Å². The predicted octanol–water partition coefficient (Wildman–Crippen LogP) is 6.36. The van der Waals surface area contributed by atoms with E-state index in [0.29, 0.717) is 0 Å². The molecule has 6 aromatic rings. The largest absolute Gasteiger partial charge is 0.462 e. The van der Waals surface area contributed by atoms with Crippen LogP contribution in [0.3, 0.4) is 0 Å². The molecule has 0 bridgehead atoms. The zero-order chi connectivity index (χ0) is 52.0. The number of esters is 7. The fourth-order valence-electron chi connectivity index (χ4n) is 7.97. The maximum atomic E-state index is 14.0. The molecule has 2 fully saturated rings. The molecule has 0 amide bonds. The number of rotatable bonds is 19. The molecule has 2 aliphatic heterocycles. The van der Waals surface area contributed by atoms with Crippen LogP contribution in [-0.4, -0.2) is 122 Å². The predicted molar refractivity (Wildman–Crippen MR) is 256 cm³/mol. The van der Waals surface area contributed by atoms with Crippen molar-refractivity contribution in [2.75, 3.05) is 13.2 Å².